The molecule has 3 rings (SSSR count). The Balaban J connectivity index is 1.58. The van der Waals surface area contributed by atoms with Gasteiger partial charge in [-0.1, -0.05) is 25.3 Å². The lowest BCUT2D eigenvalue weighted by molar-refractivity contribution is -0.128. The molecule has 1 aliphatic carbocycles. The van der Waals surface area contributed by atoms with Crippen LogP contribution >= 0.6 is 0 Å². The normalized spacial score (nSPS) is 21.4. The molecule has 0 aromatic heterocycles. The van der Waals surface area contributed by atoms with Crippen LogP contribution in [0.3, 0.4) is 0 Å². The third kappa shape index (κ3) is 5.02. The van der Waals surface area contributed by atoms with Gasteiger partial charge in [0.05, 0.1) is 13.2 Å². The fraction of sp³-hybridized carbons (Fsp3) is 0.682. The zero-order valence-corrected chi connectivity index (χ0v) is 17.1. The summed E-state index contributed by atoms with van der Waals surface area (Å²) in [4.78, 5) is 15.2. The van der Waals surface area contributed by atoms with Crippen LogP contribution in [0, 0.1) is 13.8 Å². The molecule has 2 fully saturated rings. The first-order valence-electron chi connectivity index (χ1n) is 10.3. The first-order valence-corrected chi connectivity index (χ1v) is 10.3. The van der Waals surface area contributed by atoms with E-state index in [9.17, 15) is 4.79 Å². The maximum atomic E-state index is 12.7. The van der Waals surface area contributed by atoms with Gasteiger partial charge in [-0.25, -0.2) is 0 Å². The highest BCUT2D eigenvalue weighted by Crippen LogP contribution is 2.34. The van der Waals surface area contributed by atoms with Gasteiger partial charge < -0.3 is 14.8 Å². The van der Waals surface area contributed by atoms with Crippen LogP contribution in [0.4, 0.5) is 0 Å². The van der Waals surface area contributed by atoms with E-state index < -0.39 is 6.10 Å². The molecule has 1 amide bonds. The molecule has 1 heterocycles. The molecule has 1 aliphatic heterocycles. The second-order valence-corrected chi connectivity index (χ2v) is 8.11. The standard InChI is InChI=1S/C22H34N2O3/c1-17-7-8-20(15-18(17)2)27-19(3)21(25)23-16-22(9-5-4-6-10-22)24-11-13-26-14-12-24/h7-8,15,19H,4-6,9-14,16H2,1-3H3,(H,23,25)/t19-/m1/s1. The van der Waals surface area contributed by atoms with Gasteiger partial charge in [0.15, 0.2) is 6.10 Å². The van der Waals surface area contributed by atoms with Crippen molar-refractivity contribution in [3.8, 4) is 5.75 Å². The van der Waals surface area contributed by atoms with Crippen LogP contribution in [-0.4, -0.2) is 55.3 Å². The maximum Gasteiger partial charge on any atom is 0.260 e. The van der Waals surface area contributed by atoms with Gasteiger partial charge in [0.2, 0.25) is 0 Å². The number of morpholine rings is 1. The first-order chi connectivity index (χ1) is 13.0. The number of carbonyl (C=O) groups is 1. The second kappa shape index (κ2) is 9.07. The van der Waals surface area contributed by atoms with Crippen molar-refractivity contribution < 1.29 is 14.3 Å². The van der Waals surface area contributed by atoms with Crippen molar-refractivity contribution in [1.82, 2.24) is 10.2 Å². The summed E-state index contributed by atoms with van der Waals surface area (Å²) in [6.07, 6.45) is 5.58. The molecular formula is C22H34N2O3. The lowest BCUT2D eigenvalue weighted by Crippen LogP contribution is -2.60. The van der Waals surface area contributed by atoms with Crippen molar-refractivity contribution in [3.05, 3.63) is 29.3 Å². The molecule has 150 valence electrons. The summed E-state index contributed by atoms with van der Waals surface area (Å²) in [7, 11) is 0. The van der Waals surface area contributed by atoms with Crippen molar-refractivity contribution in [3.63, 3.8) is 0 Å². The van der Waals surface area contributed by atoms with Gasteiger partial charge in [-0.3, -0.25) is 9.69 Å². The molecular weight excluding hydrogens is 340 g/mol. The Morgan fingerprint density at radius 2 is 1.89 bits per heavy atom. The van der Waals surface area contributed by atoms with Crippen molar-refractivity contribution in [2.75, 3.05) is 32.8 Å². The average molecular weight is 375 g/mol. The van der Waals surface area contributed by atoms with Crippen molar-refractivity contribution in [2.45, 2.75) is 64.5 Å². The molecule has 27 heavy (non-hydrogen) atoms. The van der Waals surface area contributed by atoms with Crippen LogP contribution in [0.15, 0.2) is 18.2 Å². The smallest absolute Gasteiger partial charge is 0.260 e. The van der Waals surface area contributed by atoms with Gasteiger partial charge in [-0.2, -0.15) is 0 Å². The minimum atomic E-state index is -0.502. The highest BCUT2D eigenvalue weighted by Gasteiger charge is 2.39. The summed E-state index contributed by atoms with van der Waals surface area (Å²) in [6, 6.07) is 5.96. The van der Waals surface area contributed by atoms with Gasteiger partial charge in [0.25, 0.3) is 5.91 Å². The monoisotopic (exact) mass is 374 g/mol. The molecule has 1 aromatic rings. The van der Waals surface area contributed by atoms with E-state index >= 15 is 0 Å². The van der Waals surface area contributed by atoms with Crippen molar-refractivity contribution in [2.24, 2.45) is 0 Å². The minimum absolute atomic E-state index is 0.0357. The number of rotatable bonds is 6. The average Bonchev–Trinajstić information content (AvgIpc) is 2.70. The Kier molecular flexibility index (Phi) is 6.77. The SMILES string of the molecule is Cc1ccc(O[C@H](C)C(=O)NCC2(N3CCOCC3)CCCCC2)cc1C. The van der Waals surface area contributed by atoms with Crippen molar-refractivity contribution in [1.29, 1.82) is 0 Å². The van der Waals surface area contributed by atoms with E-state index in [1.165, 1.54) is 30.4 Å². The highest BCUT2D eigenvalue weighted by atomic mass is 16.5. The van der Waals surface area contributed by atoms with E-state index in [-0.39, 0.29) is 11.4 Å². The predicted molar refractivity (Wildman–Crippen MR) is 107 cm³/mol. The Morgan fingerprint density at radius 3 is 2.56 bits per heavy atom. The Morgan fingerprint density at radius 1 is 1.19 bits per heavy atom. The molecule has 0 unspecified atom stereocenters. The summed E-state index contributed by atoms with van der Waals surface area (Å²) in [5.74, 6) is 0.716. The fourth-order valence-electron chi connectivity index (χ4n) is 4.29. The highest BCUT2D eigenvalue weighted by molar-refractivity contribution is 5.80. The number of hydrogen-bond acceptors (Lipinski definition) is 4. The molecule has 1 aromatic carbocycles. The topological polar surface area (TPSA) is 50.8 Å². The number of amides is 1. The minimum Gasteiger partial charge on any atom is -0.481 e. The van der Waals surface area contributed by atoms with E-state index in [0.717, 1.165) is 44.9 Å². The second-order valence-electron chi connectivity index (χ2n) is 8.11. The summed E-state index contributed by atoms with van der Waals surface area (Å²) in [6.45, 7) is 10.2. The van der Waals surface area contributed by atoms with Crippen LogP contribution in [0.25, 0.3) is 0 Å². The summed E-state index contributed by atoms with van der Waals surface area (Å²) < 4.78 is 11.4. The molecule has 5 nitrogen and oxygen atoms in total. The fourth-order valence-corrected chi connectivity index (χ4v) is 4.29. The largest absolute Gasteiger partial charge is 0.481 e. The number of aryl methyl sites for hydroxylation is 2. The molecule has 0 radical (unpaired) electrons. The van der Waals surface area contributed by atoms with E-state index in [2.05, 4.69) is 24.1 Å². The molecule has 0 bridgehead atoms. The van der Waals surface area contributed by atoms with Gasteiger partial charge in [-0.15, -0.1) is 0 Å². The molecule has 1 atom stereocenters. The van der Waals surface area contributed by atoms with Gasteiger partial charge in [-0.05, 0) is 56.9 Å². The van der Waals surface area contributed by atoms with Crippen LogP contribution in [0.5, 0.6) is 5.75 Å². The van der Waals surface area contributed by atoms with E-state index in [1.54, 1.807) is 0 Å². The number of nitrogens with one attached hydrogen (secondary N) is 1. The molecule has 2 aliphatic rings. The van der Waals surface area contributed by atoms with E-state index in [1.807, 2.05) is 25.1 Å². The zero-order chi connectivity index (χ0) is 19.3. The van der Waals surface area contributed by atoms with Gasteiger partial charge in [0.1, 0.15) is 5.75 Å². The number of benzene rings is 1. The Hall–Kier alpha value is -1.59. The van der Waals surface area contributed by atoms with Gasteiger partial charge >= 0.3 is 0 Å². The maximum absolute atomic E-state index is 12.7. The zero-order valence-electron chi connectivity index (χ0n) is 17.1. The number of carbonyl (C=O) groups excluding carboxylic acids is 1. The summed E-state index contributed by atoms with van der Waals surface area (Å²) in [5, 5.41) is 3.19. The van der Waals surface area contributed by atoms with Crippen LogP contribution < -0.4 is 10.1 Å². The molecule has 5 heteroatoms. The van der Waals surface area contributed by atoms with Crippen LogP contribution in [0.1, 0.15) is 50.2 Å². The molecule has 0 spiro atoms. The quantitative estimate of drug-likeness (QED) is 0.831. The predicted octanol–water partition coefficient (Wildman–Crippen LogP) is 3.22. The third-order valence-electron chi connectivity index (χ3n) is 6.22. The molecule has 1 saturated heterocycles. The summed E-state index contributed by atoms with van der Waals surface area (Å²) >= 11 is 0. The van der Waals surface area contributed by atoms with Crippen molar-refractivity contribution >= 4 is 5.91 Å². The van der Waals surface area contributed by atoms with E-state index in [0.29, 0.717) is 6.54 Å². The van der Waals surface area contributed by atoms with Gasteiger partial charge in [0, 0.05) is 25.2 Å². The number of hydrogen-bond donors (Lipinski definition) is 1. The molecule has 1 saturated carbocycles. The van der Waals surface area contributed by atoms with E-state index in [4.69, 9.17) is 9.47 Å². The number of nitrogens with zero attached hydrogens (tertiary/aromatic N) is 1. The number of ether oxygens (including phenoxy) is 2. The first kappa shape index (κ1) is 20.2. The Bertz CT molecular complexity index is 634. The Labute approximate surface area is 163 Å². The lowest BCUT2D eigenvalue weighted by Gasteiger charge is -2.48. The summed E-state index contributed by atoms with van der Waals surface area (Å²) in [5.41, 5.74) is 2.48. The van der Waals surface area contributed by atoms with Crippen LogP contribution in [-0.2, 0) is 9.53 Å². The van der Waals surface area contributed by atoms with Crippen LogP contribution in [0.2, 0.25) is 0 Å². The molecule has 1 N–H and O–H groups in total. The third-order valence-corrected chi connectivity index (χ3v) is 6.22. The lowest BCUT2D eigenvalue weighted by atomic mass is 9.79.